The zero-order chi connectivity index (χ0) is 27.0. The predicted octanol–water partition coefficient (Wildman–Crippen LogP) is -4.83. The molecule has 0 aromatic carbocycles. The molecule has 0 amide bonds. The fraction of sp³-hybridized carbons (Fsp3) is 0.733. The Morgan fingerprint density at radius 2 is 1.64 bits per heavy atom. The third-order valence-electron chi connectivity index (χ3n) is 5.24. The molecule has 8 unspecified atom stereocenters. The minimum absolute atomic E-state index is 0.735. The highest BCUT2D eigenvalue weighted by Crippen LogP contribution is 2.61. The highest BCUT2D eigenvalue weighted by atomic mass is 31.3. The molecule has 3 heterocycles. The normalized spacial score (nSPS) is 38.4. The molecule has 2 saturated heterocycles. The molecular weight excluding hydrogens is 540 g/mol. The van der Waals surface area contributed by atoms with Crippen LogP contribution in [-0.4, -0.2) is 107 Å². The number of hydrogen-bond acceptors (Lipinski definition) is 15. The van der Waals surface area contributed by atoms with Crippen LogP contribution in [0.5, 0.6) is 0 Å². The SMILES string of the molecule is NC1C(OP(=O)(O)OP(=O)(O)OCC2OC(n3ccc(=O)[nH]c3=O)[C@H](O)[C@@H]2O)OC(CO)[C@H](O)C1O. The average Bonchev–Trinajstić information content (AvgIpc) is 3.06. The van der Waals surface area contributed by atoms with Crippen molar-refractivity contribution in [2.45, 2.75) is 55.2 Å². The minimum Gasteiger partial charge on any atom is -0.394 e. The number of hydrogen-bond donors (Lipinski definition) is 9. The number of aliphatic hydroxyl groups is 5. The molecule has 2 aliphatic heterocycles. The van der Waals surface area contributed by atoms with Gasteiger partial charge in [-0.25, -0.2) is 13.9 Å². The van der Waals surface area contributed by atoms with Gasteiger partial charge in [-0.05, 0) is 0 Å². The van der Waals surface area contributed by atoms with Crippen LogP contribution in [0.25, 0.3) is 0 Å². The summed E-state index contributed by atoms with van der Waals surface area (Å²) >= 11 is 0. The van der Waals surface area contributed by atoms with Crippen molar-refractivity contribution in [3.05, 3.63) is 33.1 Å². The van der Waals surface area contributed by atoms with Crippen LogP contribution in [0.1, 0.15) is 6.23 Å². The molecule has 1 aromatic rings. The monoisotopic (exact) mass is 565 g/mol. The van der Waals surface area contributed by atoms with Crippen LogP contribution in [0.3, 0.4) is 0 Å². The van der Waals surface area contributed by atoms with Gasteiger partial charge in [0.2, 0.25) is 0 Å². The first-order valence-electron chi connectivity index (χ1n) is 10.1. The van der Waals surface area contributed by atoms with Gasteiger partial charge in [0.25, 0.3) is 5.56 Å². The molecular formula is C15H25N3O16P2. The zero-order valence-electron chi connectivity index (χ0n) is 18.0. The van der Waals surface area contributed by atoms with Crippen LogP contribution in [0.4, 0.5) is 0 Å². The van der Waals surface area contributed by atoms with Crippen LogP contribution < -0.4 is 17.0 Å². The number of ether oxygens (including phenoxy) is 2. The fourth-order valence-corrected chi connectivity index (χ4v) is 5.57. The van der Waals surface area contributed by atoms with E-state index in [0.29, 0.717) is 0 Å². The summed E-state index contributed by atoms with van der Waals surface area (Å²) in [6.45, 7) is -1.84. The van der Waals surface area contributed by atoms with E-state index in [-0.39, 0.29) is 0 Å². The van der Waals surface area contributed by atoms with E-state index in [9.17, 15) is 48.9 Å². The van der Waals surface area contributed by atoms with Crippen LogP contribution in [0.15, 0.2) is 21.9 Å². The third kappa shape index (κ3) is 6.54. The second-order valence-corrected chi connectivity index (χ2v) is 10.8. The second kappa shape index (κ2) is 11.2. The highest BCUT2D eigenvalue weighted by Gasteiger charge is 2.49. The van der Waals surface area contributed by atoms with E-state index in [1.807, 2.05) is 4.98 Å². The lowest BCUT2D eigenvalue weighted by atomic mass is 9.98. The van der Waals surface area contributed by atoms with Gasteiger partial charge in [0.1, 0.15) is 36.6 Å². The van der Waals surface area contributed by atoms with E-state index in [1.165, 1.54) is 0 Å². The lowest BCUT2D eigenvalue weighted by Gasteiger charge is -2.40. The summed E-state index contributed by atoms with van der Waals surface area (Å²) < 4.78 is 48.5. The van der Waals surface area contributed by atoms with Crippen LogP contribution >= 0.6 is 15.6 Å². The molecule has 0 radical (unpaired) electrons. The number of phosphoric acid groups is 2. The summed E-state index contributed by atoms with van der Waals surface area (Å²) in [7, 11) is -11.0. The molecule has 206 valence electrons. The van der Waals surface area contributed by atoms with E-state index in [2.05, 4.69) is 13.4 Å². The van der Waals surface area contributed by atoms with E-state index >= 15 is 0 Å². The molecule has 0 bridgehead atoms. The molecule has 3 rings (SSSR count). The standard InChI is InChI=1S/C15H25N3O16P2/c16-8-11(23)9(21)5(3-19)32-14(8)33-36(28,29)34-35(26,27)30-4-6-10(22)12(24)13(31-6)18-2-1-7(20)17-15(18)25/h1-2,5-6,8-14,19,21-24H,3-4,16H2,(H,26,27)(H,28,29)(H,17,20,25)/t5?,6?,8?,9-,10+,11?,12+,13?,14?/m0/s1. The van der Waals surface area contributed by atoms with Crippen LogP contribution in [0, 0.1) is 0 Å². The number of nitrogens with zero attached hydrogens (tertiary/aromatic N) is 1. The summed E-state index contributed by atoms with van der Waals surface area (Å²) in [5.41, 5.74) is 3.82. The topological polar surface area (TPSA) is 303 Å². The lowest BCUT2D eigenvalue weighted by molar-refractivity contribution is -0.242. The molecule has 36 heavy (non-hydrogen) atoms. The third-order valence-corrected chi connectivity index (χ3v) is 7.84. The lowest BCUT2D eigenvalue weighted by Crippen LogP contribution is -2.62. The van der Waals surface area contributed by atoms with Gasteiger partial charge >= 0.3 is 21.3 Å². The summed E-state index contributed by atoms with van der Waals surface area (Å²) in [6.07, 6.45) is -12.5. The summed E-state index contributed by atoms with van der Waals surface area (Å²) in [5.74, 6) is 0. The first-order chi connectivity index (χ1) is 16.7. The van der Waals surface area contributed by atoms with Gasteiger partial charge in [-0.3, -0.25) is 23.4 Å². The van der Waals surface area contributed by atoms with Crippen LogP contribution in [-0.2, 0) is 32.0 Å². The Morgan fingerprint density at radius 1 is 1.00 bits per heavy atom. The van der Waals surface area contributed by atoms with E-state index in [4.69, 9.17) is 20.3 Å². The summed E-state index contributed by atoms with van der Waals surface area (Å²) in [4.78, 5) is 44.6. The smallest absolute Gasteiger partial charge is 0.394 e. The van der Waals surface area contributed by atoms with Crippen molar-refractivity contribution in [2.75, 3.05) is 13.2 Å². The molecule has 0 saturated carbocycles. The van der Waals surface area contributed by atoms with Crippen molar-refractivity contribution >= 4 is 15.6 Å². The van der Waals surface area contributed by atoms with Gasteiger partial charge in [0.05, 0.1) is 19.3 Å². The molecule has 1 aromatic heterocycles. The van der Waals surface area contributed by atoms with Crippen molar-refractivity contribution in [3.8, 4) is 0 Å². The minimum atomic E-state index is -5.51. The first-order valence-corrected chi connectivity index (χ1v) is 13.1. The molecule has 19 nitrogen and oxygen atoms in total. The maximum absolute atomic E-state index is 12.2. The van der Waals surface area contributed by atoms with Crippen molar-refractivity contribution in [2.24, 2.45) is 5.73 Å². The zero-order valence-corrected chi connectivity index (χ0v) is 19.8. The Balaban J connectivity index is 1.61. The second-order valence-electron chi connectivity index (χ2n) is 7.77. The number of aliphatic hydroxyl groups excluding tert-OH is 5. The van der Waals surface area contributed by atoms with Gasteiger partial charge in [0.15, 0.2) is 12.5 Å². The largest absolute Gasteiger partial charge is 0.483 e. The number of aromatic amines is 1. The maximum Gasteiger partial charge on any atom is 0.483 e. The van der Waals surface area contributed by atoms with E-state index in [1.54, 1.807) is 0 Å². The Bertz CT molecular complexity index is 1130. The number of H-pyrrole nitrogens is 1. The quantitative estimate of drug-likeness (QED) is 0.127. The van der Waals surface area contributed by atoms with Crippen molar-refractivity contribution in [1.82, 2.24) is 9.55 Å². The number of nitrogens with one attached hydrogen (secondary N) is 1. The van der Waals surface area contributed by atoms with Gasteiger partial charge in [0, 0.05) is 12.3 Å². The van der Waals surface area contributed by atoms with E-state index in [0.717, 1.165) is 16.8 Å². The van der Waals surface area contributed by atoms with Crippen LogP contribution in [0.2, 0.25) is 0 Å². The molecule has 0 spiro atoms. The number of nitrogens with two attached hydrogens (primary N) is 1. The Morgan fingerprint density at radius 3 is 2.25 bits per heavy atom. The van der Waals surface area contributed by atoms with Gasteiger partial charge in [-0.15, -0.1) is 0 Å². The van der Waals surface area contributed by atoms with Crippen molar-refractivity contribution < 1.29 is 67.3 Å². The molecule has 2 fully saturated rings. The number of phosphoric ester groups is 2. The summed E-state index contributed by atoms with van der Waals surface area (Å²) in [6, 6.07) is -0.699. The van der Waals surface area contributed by atoms with Crippen molar-refractivity contribution in [3.63, 3.8) is 0 Å². The Kier molecular flexibility index (Phi) is 9.05. The Hall–Kier alpha value is -1.38. The van der Waals surface area contributed by atoms with Gasteiger partial charge in [-0.2, -0.15) is 4.31 Å². The number of aromatic nitrogens is 2. The number of rotatable bonds is 9. The maximum atomic E-state index is 12.2. The predicted molar refractivity (Wildman–Crippen MR) is 111 cm³/mol. The highest BCUT2D eigenvalue weighted by molar-refractivity contribution is 7.61. The average molecular weight is 565 g/mol. The van der Waals surface area contributed by atoms with E-state index < -0.39 is 95.3 Å². The van der Waals surface area contributed by atoms with Gasteiger partial charge in [-0.1, -0.05) is 0 Å². The first kappa shape index (κ1) is 29.2. The van der Waals surface area contributed by atoms with Gasteiger partial charge < -0.3 is 50.5 Å². The molecule has 21 heteroatoms. The molecule has 11 atom stereocenters. The molecule has 2 aliphatic rings. The Labute approximate surface area is 200 Å². The molecule has 0 aliphatic carbocycles. The molecule has 10 N–H and O–H groups in total. The summed E-state index contributed by atoms with van der Waals surface area (Å²) in [5, 5.41) is 49.0. The fourth-order valence-electron chi connectivity index (χ4n) is 3.39. The van der Waals surface area contributed by atoms with Crippen molar-refractivity contribution in [1.29, 1.82) is 0 Å².